The molecule has 19 heavy (non-hydrogen) atoms. The highest BCUT2D eigenvalue weighted by Crippen LogP contribution is 2.16. The van der Waals surface area contributed by atoms with Crippen molar-refractivity contribution in [2.75, 3.05) is 40.3 Å². The van der Waals surface area contributed by atoms with Gasteiger partial charge in [-0.3, -0.25) is 14.9 Å². The number of carbonyl (C=O) groups is 2. The van der Waals surface area contributed by atoms with Gasteiger partial charge in [0.1, 0.15) is 13.1 Å². The van der Waals surface area contributed by atoms with Crippen LogP contribution in [0.15, 0.2) is 0 Å². The number of halogens is 3. The van der Waals surface area contributed by atoms with Crippen LogP contribution in [0.3, 0.4) is 0 Å². The third-order valence-corrected chi connectivity index (χ3v) is 2.05. The molecule has 0 aliphatic rings. The van der Waals surface area contributed by atoms with Crippen LogP contribution in [0.25, 0.3) is 0 Å². The molecular formula is C11H16F3N3O2. The standard InChI is InChI=1S/C11H16F3N3O2/c1-4-5-15-6-9(18)17(8-11(12,13)14)7-10(19)16(2)3/h1,15H,5-8H2,2-3H3. The first-order chi connectivity index (χ1) is 8.67. The van der Waals surface area contributed by atoms with Gasteiger partial charge in [0.2, 0.25) is 11.8 Å². The number of alkyl halides is 3. The fourth-order valence-corrected chi connectivity index (χ4v) is 1.11. The molecule has 0 heterocycles. The number of hydrogen-bond acceptors (Lipinski definition) is 3. The van der Waals surface area contributed by atoms with Gasteiger partial charge < -0.3 is 9.80 Å². The molecule has 0 aromatic rings. The van der Waals surface area contributed by atoms with Crippen LogP contribution < -0.4 is 5.32 Å². The molecule has 0 aliphatic carbocycles. The molecule has 0 rings (SSSR count). The van der Waals surface area contributed by atoms with E-state index in [9.17, 15) is 22.8 Å². The molecule has 0 saturated carbocycles. The number of hydrogen-bond donors (Lipinski definition) is 1. The first-order valence-corrected chi connectivity index (χ1v) is 5.36. The van der Waals surface area contributed by atoms with Crippen molar-refractivity contribution in [3.8, 4) is 12.3 Å². The second kappa shape index (κ2) is 7.63. The third-order valence-electron chi connectivity index (χ3n) is 2.05. The summed E-state index contributed by atoms with van der Waals surface area (Å²) in [4.78, 5) is 24.5. The predicted octanol–water partition coefficient (Wildman–Crippen LogP) is -0.312. The van der Waals surface area contributed by atoms with Crippen molar-refractivity contribution in [3.63, 3.8) is 0 Å². The molecule has 0 aromatic heterocycles. The van der Waals surface area contributed by atoms with Crippen LogP contribution in [0.2, 0.25) is 0 Å². The normalized spacial score (nSPS) is 10.7. The molecule has 2 amide bonds. The van der Waals surface area contributed by atoms with Gasteiger partial charge in [-0.15, -0.1) is 6.42 Å². The van der Waals surface area contributed by atoms with E-state index in [0.29, 0.717) is 4.90 Å². The van der Waals surface area contributed by atoms with Crippen molar-refractivity contribution in [1.29, 1.82) is 0 Å². The largest absolute Gasteiger partial charge is 0.406 e. The Morgan fingerprint density at radius 3 is 2.26 bits per heavy atom. The molecule has 0 fully saturated rings. The van der Waals surface area contributed by atoms with Crippen molar-refractivity contribution in [1.82, 2.24) is 15.1 Å². The van der Waals surface area contributed by atoms with Gasteiger partial charge in [0.25, 0.3) is 0 Å². The highest BCUT2D eigenvalue weighted by Gasteiger charge is 2.33. The predicted molar refractivity (Wildman–Crippen MR) is 63.0 cm³/mol. The summed E-state index contributed by atoms with van der Waals surface area (Å²) in [5.41, 5.74) is 0. The number of nitrogens with zero attached hydrogens (tertiary/aromatic N) is 2. The minimum absolute atomic E-state index is 0.0627. The molecule has 0 aliphatic heterocycles. The Hall–Kier alpha value is -1.75. The minimum Gasteiger partial charge on any atom is -0.347 e. The number of carbonyl (C=O) groups excluding carboxylic acids is 2. The smallest absolute Gasteiger partial charge is 0.347 e. The first kappa shape index (κ1) is 17.2. The lowest BCUT2D eigenvalue weighted by Crippen LogP contribution is -2.47. The van der Waals surface area contributed by atoms with Crippen molar-refractivity contribution >= 4 is 11.8 Å². The highest BCUT2D eigenvalue weighted by molar-refractivity contribution is 5.85. The lowest BCUT2D eigenvalue weighted by atomic mass is 10.4. The van der Waals surface area contributed by atoms with E-state index < -0.39 is 31.1 Å². The van der Waals surface area contributed by atoms with E-state index in [4.69, 9.17) is 6.42 Å². The van der Waals surface area contributed by atoms with Crippen LogP contribution >= 0.6 is 0 Å². The number of likely N-dealkylation sites (N-methyl/N-ethyl adjacent to an activating group) is 1. The molecule has 0 unspecified atom stereocenters. The maximum atomic E-state index is 12.3. The molecule has 0 atom stereocenters. The molecule has 8 heteroatoms. The van der Waals surface area contributed by atoms with Crippen LogP contribution in [0.5, 0.6) is 0 Å². The molecule has 0 radical (unpaired) electrons. The monoisotopic (exact) mass is 279 g/mol. The number of rotatable bonds is 6. The van der Waals surface area contributed by atoms with Gasteiger partial charge in [-0.1, -0.05) is 5.92 Å². The summed E-state index contributed by atoms with van der Waals surface area (Å²) in [5.74, 6) is 0.771. The van der Waals surface area contributed by atoms with E-state index in [2.05, 4.69) is 11.2 Å². The Balaban J connectivity index is 4.62. The Bertz CT molecular complexity index is 361. The quantitative estimate of drug-likeness (QED) is 0.536. The number of nitrogens with one attached hydrogen (secondary N) is 1. The summed E-state index contributed by atoms with van der Waals surface area (Å²) >= 11 is 0. The Kier molecular flexibility index (Phi) is 6.93. The second-order valence-electron chi connectivity index (χ2n) is 3.96. The van der Waals surface area contributed by atoms with Crippen LogP contribution in [0.1, 0.15) is 0 Å². The zero-order valence-electron chi connectivity index (χ0n) is 10.8. The van der Waals surface area contributed by atoms with E-state index in [1.54, 1.807) is 0 Å². The first-order valence-electron chi connectivity index (χ1n) is 5.36. The fourth-order valence-electron chi connectivity index (χ4n) is 1.11. The van der Waals surface area contributed by atoms with Crippen LogP contribution in [0.4, 0.5) is 13.2 Å². The summed E-state index contributed by atoms with van der Waals surface area (Å²) in [6, 6.07) is 0. The molecule has 5 nitrogen and oxygen atoms in total. The average molecular weight is 279 g/mol. The van der Waals surface area contributed by atoms with Crippen molar-refractivity contribution < 1.29 is 22.8 Å². The van der Waals surface area contributed by atoms with Gasteiger partial charge in [0, 0.05) is 14.1 Å². The van der Waals surface area contributed by atoms with E-state index in [1.807, 2.05) is 0 Å². The Labute approximate surface area is 109 Å². The summed E-state index contributed by atoms with van der Waals surface area (Å²) in [6.45, 7) is -2.37. The zero-order chi connectivity index (χ0) is 15.1. The molecule has 0 saturated heterocycles. The maximum absolute atomic E-state index is 12.3. The minimum atomic E-state index is -4.56. The highest BCUT2D eigenvalue weighted by atomic mass is 19.4. The summed E-state index contributed by atoms with van der Waals surface area (Å²) in [7, 11) is 2.80. The van der Waals surface area contributed by atoms with Gasteiger partial charge >= 0.3 is 6.18 Å². The summed E-state index contributed by atoms with van der Waals surface area (Å²) in [6.07, 6.45) is 0.374. The Morgan fingerprint density at radius 1 is 1.26 bits per heavy atom. The Morgan fingerprint density at radius 2 is 1.84 bits per heavy atom. The summed E-state index contributed by atoms with van der Waals surface area (Å²) < 4.78 is 37.0. The molecular weight excluding hydrogens is 263 g/mol. The molecule has 108 valence electrons. The van der Waals surface area contributed by atoms with E-state index in [1.165, 1.54) is 14.1 Å². The van der Waals surface area contributed by atoms with E-state index in [-0.39, 0.29) is 13.1 Å². The maximum Gasteiger partial charge on any atom is 0.406 e. The summed E-state index contributed by atoms with van der Waals surface area (Å²) in [5, 5.41) is 2.48. The van der Waals surface area contributed by atoms with Gasteiger partial charge in [-0.25, -0.2) is 0 Å². The average Bonchev–Trinajstić information content (AvgIpc) is 2.26. The van der Waals surface area contributed by atoms with Crippen molar-refractivity contribution in [2.24, 2.45) is 0 Å². The third kappa shape index (κ3) is 8.05. The topological polar surface area (TPSA) is 52.7 Å². The van der Waals surface area contributed by atoms with Gasteiger partial charge in [-0.05, 0) is 0 Å². The van der Waals surface area contributed by atoms with Crippen LogP contribution in [0, 0.1) is 12.3 Å². The second-order valence-corrected chi connectivity index (χ2v) is 3.96. The number of amides is 2. The lowest BCUT2D eigenvalue weighted by Gasteiger charge is -2.24. The van der Waals surface area contributed by atoms with Gasteiger partial charge in [0.05, 0.1) is 13.1 Å². The van der Waals surface area contributed by atoms with E-state index in [0.717, 1.165) is 4.90 Å². The molecule has 0 spiro atoms. The van der Waals surface area contributed by atoms with Gasteiger partial charge in [-0.2, -0.15) is 13.2 Å². The molecule has 0 aromatic carbocycles. The van der Waals surface area contributed by atoms with Crippen LogP contribution in [-0.4, -0.2) is 68.1 Å². The molecule has 1 N–H and O–H groups in total. The lowest BCUT2D eigenvalue weighted by molar-refractivity contribution is -0.163. The van der Waals surface area contributed by atoms with E-state index >= 15 is 0 Å². The van der Waals surface area contributed by atoms with Crippen LogP contribution in [-0.2, 0) is 9.59 Å². The fraction of sp³-hybridized carbons (Fsp3) is 0.636. The van der Waals surface area contributed by atoms with Crippen molar-refractivity contribution in [3.05, 3.63) is 0 Å². The number of terminal acetylenes is 1. The molecule has 0 bridgehead atoms. The SMILES string of the molecule is C#CCNCC(=O)N(CC(=O)N(C)C)CC(F)(F)F. The zero-order valence-corrected chi connectivity index (χ0v) is 10.8. The van der Waals surface area contributed by atoms with Crippen molar-refractivity contribution in [2.45, 2.75) is 6.18 Å². The van der Waals surface area contributed by atoms with Gasteiger partial charge in [0.15, 0.2) is 0 Å².